The van der Waals surface area contributed by atoms with Gasteiger partial charge in [-0.1, -0.05) is 30.0 Å². The van der Waals surface area contributed by atoms with Gasteiger partial charge in [-0.05, 0) is 114 Å². The van der Waals surface area contributed by atoms with Crippen molar-refractivity contribution in [2.75, 3.05) is 4.90 Å². The van der Waals surface area contributed by atoms with Gasteiger partial charge in [-0.3, -0.25) is 15.1 Å². The first-order chi connectivity index (χ1) is 20.3. The number of nitro groups is 1. The lowest BCUT2D eigenvalue weighted by molar-refractivity contribution is -0.384. The van der Waals surface area contributed by atoms with Gasteiger partial charge in [0.05, 0.1) is 28.4 Å². The maximum Gasteiger partial charge on any atom is 0.269 e. The normalized spacial score (nSPS) is 16.5. The number of hydrogen-bond acceptors (Lipinski definition) is 5. The van der Waals surface area contributed by atoms with E-state index in [0.717, 1.165) is 48.3 Å². The molecule has 0 amide bonds. The number of rotatable bonds is 7. The fraction of sp³-hybridized carbons (Fsp3) is 0.125. The molecule has 0 spiro atoms. The molecule has 1 saturated heterocycles. The first-order valence-electron chi connectivity index (χ1n) is 13.3. The van der Waals surface area contributed by atoms with Crippen LogP contribution in [0.3, 0.4) is 0 Å². The van der Waals surface area contributed by atoms with Crippen LogP contribution in [0.5, 0.6) is 0 Å². The molecule has 0 saturated carbocycles. The number of halogens is 1. The van der Waals surface area contributed by atoms with Gasteiger partial charge in [-0.15, -0.1) is 0 Å². The maximum atomic E-state index is 11.0. The van der Waals surface area contributed by atoms with Crippen molar-refractivity contribution < 1.29 is 4.92 Å². The third-order valence-corrected chi connectivity index (χ3v) is 9.38. The van der Waals surface area contributed by atoms with Crippen molar-refractivity contribution in [3.05, 3.63) is 140 Å². The van der Waals surface area contributed by atoms with E-state index in [0.29, 0.717) is 5.11 Å². The molecular formula is C32H26BrN5O2S2. The van der Waals surface area contributed by atoms with Crippen molar-refractivity contribution in [2.24, 2.45) is 0 Å². The van der Waals surface area contributed by atoms with Gasteiger partial charge in [0.15, 0.2) is 5.11 Å². The second kappa shape index (κ2) is 11.7. The molecule has 10 heteroatoms. The molecule has 1 N–H and O–H groups in total. The minimum atomic E-state index is -0.388. The molecule has 3 heterocycles. The lowest BCUT2D eigenvalue weighted by Gasteiger charge is -2.28. The van der Waals surface area contributed by atoms with Crippen LogP contribution in [0.1, 0.15) is 34.7 Å². The zero-order chi connectivity index (χ0) is 29.4. The smallest absolute Gasteiger partial charge is 0.269 e. The standard InChI is InChI=1S/C32H26BrN5O2S2/c1-20-19-26(21(2)36(20)29-9-4-3-7-27(29)33)31-30(28-8-5-6-18-34-28)35-32(41)37(31)22-10-14-24(15-11-22)42-25-16-12-23(13-17-25)38(39)40/h3-19,30-31H,1-2H3,(H,35,41)/t30-,31-/m0/s1. The Morgan fingerprint density at radius 1 is 0.952 bits per heavy atom. The molecular weight excluding hydrogens is 630 g/mol. The number of aromatic nitrogens is 2. The Morgan fingerprint density at radius 3 is 2.26 bits per heavy atom. The summed E-state index contributed by atoms with van der Waals surface area (Å²) >= 11 is 11.2. The minimum Gasteiger partial charge on any atom is -0.351 e. The Hall–Kier alpha value is -3.99. The molecule has 0 unspecified atom stereocenters. The highest BCUT2D eigenvalue weighted by Gasteiger charge is 2.42. The Labute approximate surface area is 261 Å². The largest absolute Gasteiger partial charge is 0.351 e. The third-order valence-electron chi connectivity index (χ3n) is 7.38. The SMILES string of the molecule is Cc1cc([C@H]2[C@H](c3ccccn3)NC(=S)N2c2ccc(Sc3ccc([N+](=O)[O-])cc3)cc2)c(C)n1-c1ccccc1Br. The van der Waals surface area contributed by atoms with Crippen LogP contribution in [0, 0.1) is 24.0 Å². The minimum absolute atomic E-state index is 0.0808. The molecule has 0 radical (unpaired) electrons. The van der Waals surface area contributed by atoms with Crippen LogP contribution in [0.15, 0.2) is 118 Å². The number of nitro benzene ring substituents is 1. The zero-order valence-corrected chi connectivity index (χ0v) is 26.0. The van der Waals surface area contributed by atoms with Gasteiger partial charge in [0.2, 0.25) is 0 Å². The average molecular weight is 657 g/mol. The third kappa shape index (κ3) is 5.33. The van der Waals surface area contributed by atoms with Gasteiger partial charge in [0, 0.05) is 49.7 Å². The molecule has 6 rings (SSSR count). The number of nitrogens with zero attached hydrogens (tertiary/aromatic N) is 4. The summed E-state index contributed by atoms with van der Waals surface area (Å²) < 4.78 is 3.30. The van der Waals surface area contributed by atoms with Crippen LogP contribution in [0.4, 0.5) is 11.4 Å². The topological polar surface area (TPSA) is 76.2 Å². The zero-order valence-electron chi connectivity index (χ0n) is 22.8. The summed E-state index contributed by atoms with van der Waals surface area (Å²) in [4.78, 5) is 19.4. The summed E-state index contributed by atoms with van der Waals surface area (Å²) in [6.45, 7) is 4.28. The van der Waals surface area contributed by atoms with Gasteiger partial charge in [0.1, 0.15) is 0 Å². The van der Waals surface area contributed by atoms with Crippen LogP contribution in [-0.2, 0) is 0 Å². The molecule has 0 aliphatic carbocycles. The van der Waals surface area contributed by atoms with E-state index >= 15 is 0 Å². The van der Waals surface area contributed by atoms with Crippen molar-refractivity contribution in [3.63, 3.8) is 0 Å². The molecule has 2 aromatic heterocycles. The highest BCUT2D eigenvalue weighted by Crippen LogP contribution is 2.44. The quantitative estimate of drug-likeness (QED) is 0.107. The Bertz CT molecular complexity index is 1780. The molecule has 42 heavy (non-hydrogen) atoms. The Morgan fingerprint density at radius 2 is 1.62 bits per heavy atom. The summed E-state index contributed by atoms with van der Waals surface area (Å²) in [7, 11) is 0. The number of non-ortho nitro benzene ring substituents is 1. The maximum absolute atomic E-state index is 11.0. The monoisotopic (exact) mass is 655 g/mol. The first-order valence-corrected chi connectivity index (χ1v) is 15.3. The fourth-order valence-corrected chi connectivity index (χ4v) is 7.11. The average Bonchev–Trinajstić information content (AvgIpc) is 3.49. The summed E-state index contributed by atoms with van der Waals surface area (Å²) in [6.07, 6.45) is 1.81. The summed E-state index contributed by atoms with van der Waals surface area (Å²) in [5, 5.41) is 15.2. The van der Waals surface area contributed by atoms with Crippen LogP contribution in [-0.4, -0.2) is 19.6 Å². The first kappa shape index (κ1) is 28.1. The molecule has 3 aromatic carbocycles. The molecule has 0 bridgehead atoms. The van der Waals surface area contributed by atoms with E-state index in [-0.39, 0.29) is 22.7 Å². The lowest BCUT2D eigenvalue weighted by atomic mass is 9.96. The van der Waals surface area contributed by atoms with Gasteiger partial charge in [-0.2, -0.15) is 0 Å². The predicted molar refractivity (Wildman–Crippen MR) is 175 cm³/mol. The molecule has 1 aliphatic heterocycles. The number of nitrogens with one attached hydrogen (secondary N) is 1. The van der Waals surface area contributed by atoms with E-state index in [1.54, 1.807) is 23.9 Å². The number of aryl methyl sites for hydroxylation is 1. The number of benzene rings is 3. The van der Waals surface area contributed by atoms with E-state index in [1.165, 1.54) is 12.1 Å². The summed E-state index contributed by atoms with van der Waals surface area (Å²) in [5.41, 5.74) is 6.47. The predicted octanol–water partition coefficient (Wildman–Crippen LogP) is 8.49. The van der Waals surface area contributed by atoms with Gasteiger partial charge in [0.25, 0.3) is 5.69 Å². The molecule has 2 atom stereocenters. The van der Waals surface area contributed by atoms with Crippen LogP contribution in [0.2, 0.25) is 0 Å². The number of thiocarbonyl (C=S) groups is 1. The highest BCUT2D eigenvalue weighted by atomic mass is 79.9. The van der Waals surface area contributed by atoms with Gasteiger partial charge < -0.3 is 14.8 Å². The number of anilines is 1. The van der Waals surface area contributed by atoms with Gasteiger partial charge >= 0.3 is 0 Å². The summed E-state index contributed by atoms with van der Waals surface area (Å²) in [5.74, 6) is 0. The van der Waals surface area contributed by atoms with E-state index in [4.69, 9.17) is 17.2 Å². The van der Waals surface area contributed by atoms with Crippen molar-refractivity contribution in [1.29, 1.82) is 0 Å². The van der Waals surface area contributed by atoms with Crippen molar-refractivity contribution >= 4 is 56.4 Å². The highest BCUT2D eigenvalue weighted by molar-refractivity contribution is 9.10. The molecule has 210 valence electrons. The van der Waals surface area contributed by atoms with E-state index in [1.807, 2.05) is 36.5 Å². The number of pyridine rings is 1. The van der Waals surface area contributed by atoms with Crippen molar-refractivity contribution in [2.45, 2.75) is 35.7 Å². The van der Waals surface area contributed by atoms with Crippen LogP contribution in [0.25, 0.3) is 5.69 Å². The van der Waals surface area contributed by atoms with Crippen LogP contribution < -0.4 is 10.2 Å². The summed E-state index contributed by atoms with van der Waals surface area (Å²) in [6, 6.07) is 31.0. The van der Waals surface area contributed by atoms with Gasteiger partial charge in [-0.25, -0.2) is 0 Å². The second-order valence-corrected chi connectivity index (χ2v) is 12.3. The lowest BCUT2D eigenvalue weighted by Crippen LogP contribution is -2.29. The Kier molecular flexibility index (Phi) is 7.85. The molecule has 1 aliphatic rings. The Balaban J connectivity index is 1.38. The number of para-hydroxylation sites is 1. The molecule has 1 fully saturated rings. The van der Waals surface area contributed by atoms with Crippen LogP contribution >= 0.6 is 39.9 Å². The fourth-order valence-electron chi connectivity index (χ4n) is 5.49. The van der Waals surface area contributed by atoms with E-state index < -0.39 is 0 Å². The number of hydrogen-bond donors (Lipinski definition) is 1. The molecule has 5 aromatic rings. The second-order valence-electron chi connectivity index (χ2n) is 9.96. The molecule has 7 nitrogen and oxygen atoms in total. The van der Waals surface area contributed by atoms with Crippen molar-refractivity contribution in [1.82, 2.24) is 14.9 Å². The van der Waals surface area contributed by atoms with E-state index in [2.05, 4.69) is 87.0 Å². The van der Waals surface area contributed by atoms with E-state index in [9.17, 15) is 10.1 Å². The van der Waals surface area contributed by atoms with Crippen molar-refractivity contribution in [3.8, 4) is 5.69 Å².